The number of sulfonamides is 2. The van der Waals surface area contributed by atoms with Crippen LogP contribution in [0.5, 0.6) is 0 Å². The second-order valence-corrected chi connectivity index (χ2v) is 16.3. The lowest BCUT2D eigenvalue weighted by molar-refractivity contribution is -0.158. The number of aryl methyl sites for hydroxylation is 1. The van der Waals surface area contributed by atoms with Crippen LogP contribution in [0.4, 0.5) is 5.69 Å². The number of carbonyl (C=O) groups excluding carboxylic acids is 3. The number of halogens is 1. The van der Waals surface area contributed by atoms with E-state index in [2.05, 4.69) is 10.0 Å². The Kier molecular flexibility index (Phi) is 13.1. The lowest BCUT2D eigenvalue weighted by atomic mass is 9.92. The standard InChI is InChI=1S/C38H41ClN4O9S2/c1-3-51-37(45)33(19-14-26-10-6-4-7-11-26)41-25(2)36(44)43-23-29-20-30(42-54(49,50)31-17-18-32(39)35(22-31)53(40,47)48)16-15-28(29)21-34(43)38(46)52-24-27-12-8-5-9-13-27/h4-13,15-18,20,22,25,33-34,41-42H,3,14,19,21,23-24H2,1-2H3,(H2,40,47,48)/t25-,33-,34-/m0/s1. The summed E-state index contributed by atoms with van der Waals surface area (Å²) in [7, 11) is -8.65. The molecule has 0 bridgehead atoms. The average Bonchev–Trinajstić information content (AvgIpc) is 3.14. The molecule has 286 valence electrons. The van der Waals surface area contributed by atoms with E-state index < -0.39 is 65.8 Å². The molecule has 4 aromatic rings. The molecule has 13 nitrogen and oxygen atoms in total. The second-order valence-electron chi connectivity index (χ2n) is 12.7. The number of nitrogens with one attached hydrogen (secondary N) is 2. The molecule has 0 saturated heterocycles. The van der Waals surface area contributed by atoms with Gasteiger partial charge in [0.1, 0.15) is 23.6 Å². The first-order chi connectivity index (χ1) is 25.7. The van der Waals surface area contributed by atoms with Crippen LogP contribution in [0.1, 0.15) is 42.5 Å². The molecule has 0 saturated carbocycles. The fourth-order valence-electron chi connectivity index (χ4n) is 6.09. The summed E-state index contributed by atoms with van der Waals surface area (Å²) in [4.78, 5) is 41.3. The summed E-state index contributed by atoms with van der Waals surface area (Å²) in [5.41, 5.74) is 3.12. The first kappa shape index (κ1) is 40.4. The number of hydrogen-bond donors (Lipinski definition) is 3. The minimum absolute atomic E-state index is 0.0120. The summed E-state index contributed by atoms with van der Waals surface area (Å²) in [5, 5.41) is 8.10. The highest BCUT2D eigenvalue weighted by Gasteiger charge is 2.39. The molecule has 0 spiro atoms. The molecule has 0 aromatic heterocycles. The smallest absolute Gasteiger partial charge is 0.329 e. The first-order valence-corrected chi connectivity index (χ1v) is 20.5. The van der Waals surface area contributed by atoms with Crippen LogP contribution in [0.2, 0.25) is 5.02 Å². The molecule has 0 aliphatic carbocycles. The zero-order valence-corrected chi connectivity index (χ0v) is 32.0. The highest BCUT2D eigenvalue weighted by molar-refractivity contribution is 7.93. The maximum absolute atomic E-state index is 14.2. The first-order valence-electron chi connectivity index (χ1n) is 17.1. The minimum atomic E-state index is -4.33. The molecule has 0 fully saturated rings. The zero-order chi connectivity index (χ0) is 39.0. The number of hydrogen-bond acceptors (Lipinski definition) is 10. The van der Waals surface area contributed by atoms with E-state index in [0.29, 0.717) is 24.0 Å². The number of rotatable bonds is 15. The Bertz CT molecular complexity index is 2210. The van der Waals surface area contributed by atoms with Crippen molar-refractivity contribution in [3.8, 4) is 0 Å². The number of primary sulfonamides is 1. The lowest BCUT2D eigenvalue weighted by Gasteiger charge is -2.37. The van der Waals surface area contributed by atoms with Gasteiger partial charge < -0.3 is 14.4 Å². The summed E-state index contributed by atoms with van der Waals surface area (Å²) < 4.78 is 64.1. The van der Waals surface area contributed by atoms with Crippen molar-refractivity contribution in [2.24, 2.45) is 5.14 Å². The van der Waals surface area contributed by atoms with Crippen LogP contribution >= 0.6 is 11.6 Å². The monoisotopic (exact) mass is 796 g/mol. The number of fused-ring (bicyclic) bond motifs is 1. The molecule has 4 N–H and O–H groups in total. The van der Waals surface area contributed by atoms with E-state index >= 15 is 0 Å². The molecule has 16 heteroatoms. The SMILES string of the molecule is CCOC(=O)[C@H](CCc1ccccc1)N[C@@H](C)C(=O)N1Cc2cc(NS(=O)(=O)c3ccc(Cl)c(S(N)(=O)=O)c3)ccc2C[C@H]1C(=O)OCc1ccccc1. The van der Waals surface area contributed by atoms with Crippen molar-refractivity contribution < 1.29 is 40.7 Å². The van der Waals surface area contributed by atoms with Crippen molar-refractivity contribution in [3.63, 3.8) is 0 Å². The average molecular weight is 797 g/mol. The van der Waals surface area contributed by atoms with E-state index in [0.717, 1.165) is 29.3 Å². The van der Waals surface area contributed by atoms with Crippen LogP contribution in [0.15, 0.2) is 107 Å². The number of esters is 2. The predicted molar refractivity (Wildman–Crippen MR) is 202 cm³/mol. The van der Waals surface area contributed by atoms with Crippen LogP contribution in [0.25, 0.3) is 0 Å². The number of anilines is 1. The number of amides is 1. The van der Waals surface area contributed by atoms with Gasteiger partial charge in [0, 0.05) is 18.7 Å². The number of carbonyl (C=O) groups is 3. The molecule has 1 amide bonds. The van der Waals surface area contributed by atoms with E-state index in [1.807, 2.05) is 60.7 Å². The fraction of sp³-hybridized carbons (Fsp3) is 0.289. The van der Waals surface area contributed by atoms with E-state index in [4.69, 9.17) is 26.2 Å². The van der Waals surface area contributed by atoms with Crippen molar-refractivity contribution in [1.29, 1.82) is 0 Å². The molecule has 54 heavy (non-hydrogen) atoms. The Morgan fingerprint density at radius 3 is 2.20 bits per heavy atom. The van der Waals surface area contributed by atoms with Gasteiger partial charge in [0.2, 0.25) is 15.9 Å². The summed E-state index contributed by atoms with van der Waals surface area (Å²) >= 11 is 5.95. The van der Waals surface area contributed by atoms with Crippen molar-refractivity contribution in [1.82, 2.24) is 10.2 Å². The molecule has 1 aliphatic rings. The van der Waals surface area contributed by atoms with Crippen LogP contribution in [0, 0.1) is 0 Å². The van der Waals surface area contributed by atoms with Gasteiger partial charge in [-0.05, 0) is 79.3 Å². The molecule has 4 aromatic carbocycles. The van der Waals surface area contributed by atoms with Gasteiger partial charge in [0.05, 0.1) is 22.6 Å². The third kappa shape index (κ3) is 10.2. The molecule has 3 atom stereocenters. The van der Waals surface area contributed by atoms with Crippen molar-refractivity contribution in [3.05, 3.63) is 124 Å². The third-order valence-corrected chi connectivity index (χ3v) is 11.6. The number of nitrogens with zero attached hydrogens (tertiary/aromatic N) is 1. The molecule has 1 aliphatic heterocycles. The summed E-state index contributed by atoms with van der Waals surface area (Å²) in [6.45, 7) is 3.35. The van der Waals surface area contributed by atoms with Gasteiger partial charge in [-0.2, -0.15) is 0 Å². The van der Waals surface area contributed by atoms with Gasteiger partial charge in [-0.1, -0.05) is 78.3 Å². The van der Waals surface area contributed by atoms with Gasteiger partial charge in [0.25, 0.3) is 10.0 Å². The molecule has 0 unspecified atom stereocenters. The zero-order valence-electron chi connectivity index (χ0n) is 29.6. The Hall–Kier alpha value is -4.80. The highest BCUT2D eigenvalue weighted by Crippen LogP contribution is 2.30. The van der Waals surface area contributed by atoms with Crippen molar-refractivity contribution in [2.45, 2.75) is 74.2 Å². The van der Waals surface area contributed by atoms with Gasteiger partial charge in [-0.15, -0.1) is 0 Å². The summed E-state index contributed by atoms with van der Waals surface area (Å²) in [5.74, 6) is -1.63. The summed E-state index contributed by atoms with van der Waals surface area (Å²) in [6, 6.07) is 23.7. The van der Waals surface area contributed by atoms with Crippen molar-refractivity contribution in [2.75, 3.05) is 11.3 Å². The summed E-state index contributed by atoms with van der Waals surface area (Å²) in [6.07, 6.45) is 0.960. The maximum Gasteiger partial charge on any atom is 0.329 e. The van der Waals surface area contributed by atoms with Gasteiger partial charge in [-0.25, -0.2) is 26.8 Å². The number of benzene rings is 4. The van der Waals surface area contributed by atoms with Gasteiger partial charge >= 0.3 is 11.9 Å². The lowest BCUT2D eigenvalue weighted by Crippen LogP contribution is -2.56. The number of nitrogens with two attached hydrogens (primary N) is 1. The van der Waals surface area contributed by atoms with E-state index in [1.165, 1.54) is 17.0 Å². The van der Waals surface area contributed by atoms with E-state index in [-0.39, 0.29) is 36.9 Å². The van der Waals surface area contributed by atoms with Crippen LogP contribution in [-0.2, 0) is 69.9 Å². The van der Waals surface area contributed by atoms with Crippen LogP contribution in [-0.4, -0.2) is 64.3 Å². The molecule has 0 radical (unpaired) electrons. The fourth-order valence-corrected chi connectivity index (χ4v) is 8.31. The van der Waals surface area contributed by atoms with E-state index in [1.54, 1.807) is 19.9 Å². The van der Waals surface area contributed by atoms with Crippen LogP contribution < -0.4 is 15.2 Å². The normalized spacial score (nSPS) is 15.4. The second kappa shape index (κ2) is 17.6. The predicted octanol–water partition coefficient (Wildman–Crippen LogP) is 4.33. The van der Waals surface area contributed by atoms with Gasteiger partial charge in [-0.3, -0.25) is 19.6 Å². The highest BCUT2D eigenvalue weighted by atomic mass is 35.5. The Morgan fingerprint density at radius 1 is 0.889 bits per heavy atom. The third-order valence-electron chi connectivity index (χ3n) is 8.84. The van der Waals surface area contributed by atoms with Crippen LogP contribution in [0.3, 0.4) is 0 Å². The quantitative estimate of drug-likeness (QED) is 0.146. The largest absolute Gasteiger partial charge is 0.465 e. The van der Waals surface area contributed by atoms with Gasteiger partial charge in [0.15, 0.2) is 0 Å². The van der Waals surface area contributed by atoms with Crippen molar-refractivity contribution >= 4 is 55.2 Å². The Labute approximate surface area is 319 Å². The Morgan fingerprint density at radius 2 is 1.56 bits per heavy atom. The Balaban J connectivity index is 1.40. The molecular formula is C38H41ClN4O9S2. The molecular weight excluding hydrogens is 756 g/mol. The molecule has 5 rings (SSSR count). The topological polar surface area (TPSA) is 191 Å². The maximum atomic E-state index is 14.2. The number of ether oxygens (including phenoxy) is 2. The van der Waals surface area contributed by atoms with E-state index in [9.17, 15) is 31.2 Å². The molecule has 1 heterocycles. The minimum Gasteiger partial charge on any atom is -0.465 e.